The van der Waals surface area contributed by atoms with Crippen LogP contribution in [-0.2, 0) is 31.2 Å². The largest absolute Gasteiger partial charge is 3.00 e. The number of epoxide rings is 1. The third-order valence-electron chi connectivity index (χ3n) is 0.995. The van der Waals surface area contributed by atoms with Gasteiger partial charge in [0.25, 0.3) is 0 Å². The minimum Gasteiger partial charge on any atom is -0.394 e. The van der Waals surface area contributed by atoms with Crippen LogP contribution in [0.3, 0.4) is 0 Å². The fourth-order valence-corrected chi connectivity index (χ4v) is 0.481. The molecule has 1 rings (SSSR count). The first-order valence-corrected chi connectivity index (χ1v) is 4.33. The summed E-state index contributed by atoms with van der Waals surface area (Å²) in [5.41, 5.74) is 0. The molecular weight excluding hydrogens is 228 g/mol. The average molecular weight is 253 g/mol. The molecule has 1 aliphatic rings. The minimum atomic E-state index is -0.167. The van der Waals surface area contributed by atoms with E-state index in [-0.39, 0.29) is 42.7 Å². The average Bonchev–Trinajstić information content (AvgIpc) is 2.70. The Morgan fingerprint density at radius 2 is 1.87 bits per heavy atom. The summed E-state index contributed by atoms with van der Waals surface area (Å²) in [6.07, 6.45) is 1.09. The second-order valence-electron chi connectivity index (χ2n) is 2.98. The first-order chi connectivity index (χ1) is 5.66. The predicted octanol–water partition coefficient (Wildman–Crippen LogP) is 1.91. The van der Waals surface area contributed by atoms with Gasteiger partial charge in [-0.2, -0.15) is 6.42 Å². The van der Waals surface area contributed by atoms with Crippen molar-refractivity contribution in [1.82, 2.24) is 0 Å². The number of aliphatic hydroxyl groups is 1. The molecule has 91 valence electrons. The maximum Gasteiger partial charge on any atom is 3.00 e. The van der Waals surface area contributed by atoms with Gasteiger partial charge in [-0.05, 0) is 13.8 Å². The van der Waals surface area contributed by atoms with Gasteiger partial charge in [0.2, 0.25) is 0 Å². The summed E-state index contributed by atoms with van der Waals surface area (Å²) >= 11 is 0. The van der Waals surface area contributed by atoms with E-state index in [1.54, 1.807) is 13.8 Å². The second kappa shape index (κ2) is 17.0. The molecule has 1 saturated heterocycles. The Morgan fingerprint density at radius 1 is 1.47 bits per heavy atom. The zero-order chi connectivity index (χ0) is 9.40. The van der Waals surface area contributed by atoms with Crippen LogP contribution in [0.1, 0.15) is 20.3 Å². The van der Waals surface area contributed by atoms with Gasteiger partial charge in [-0.1, -0.05) is 0 Å². The van der Waals surface area contributed by atoms with Crippen molar-refractivity contribution < 1.29 is 36.3 Å². The van der Waals surface area contributed by atoms with Crippen LogP contribution in [0.5, 0.6) is 0 Å². The summed E-state index contributed by atoms with van der Waals surface area (Å²) in [4.78, 5) is 0. The van der Waals surface area contributed by atoms with Gasteiger partial charge >= 0.3 is 21.7 Å². The third-order valence-corrected chi connectivity index (χ3v) is 0.995. The first-order valence-electron chi connectivity index (χ1n) is 4.33. The molecule has 3 nitrogen and oxygen atoms in total. The number of ether oxygens (including phenoxy) is 2. The molecule has 1 aliphatic heterocycles. The van der Waals surface area contributed by atoms with Gasteiger partial charge in [0, 0.05) is 12.7 Å². The molecule has 4 heteroatoms. The van der Waals surface area contributed by atoms with E-state index in [2.05, 4.69) is 6.92 Å². The van der Waals surface area contributed by atoms with Crippen LogP contribution in [0.2, 0.25) is 0 Å². The topological polar surface area (TPSA) is 42.0 Å². The first kappa shape index (κ1) is 24.7. The van der Waals surface area contributed by atoms with Crippen molar-refractivity contribution in [2.45, 2.75) is 32.5 Å². The van der Waals surface area contributed by atoms with Crippen LogP contribution in [0.15, 0.2) is 0 Å². The molecular formula is C11H25O3Ti. The van der Waals surface area contributed by atoms with E-state index in [1.807, 2.05) is 0 Å². The fraction of sp³-hybridized carbons (Fsp3) is 0.727. The number of hydrogen-bond acceptors (Lipinski definition) is 3. The number of rotatable bonds is 4. The Balaban J connectivity index is -0.0000000779. The zero-order valence-electron chi connectivity index (χ0n) is 10.5. The molecule has 15 heavy (non-hydrogen) atoms. The van der Waals surface area contributed by atoms with E-state index < -0.39 is 0 Å². The van der Waals surface area contributed by atoms with Crippen molar-refractivity contribution >= 4 is 0 Å². The zero-order valence-corrected chi connectivity index (χ0v) is 12.0. The van der Waals surface area contributed by atoms with Crippen LogP contribution >= 0.6 is 0 Å². The molecule has 0 aromatic carbocycles. The molecule has 1 heterocycles. The molecule has 1 N–H and O–H groups in total. The van der Waals surface area contributed by atoms with Crippen molar-refractivity contribution in [2.75, 3.05) is 19.8 Å². The summed E-state index contributed by atoms with van der Waals surface area (Å²) in [7, 11) is 0. The van der Waals surface area contributed by atoms with E-state index >= 15 is 0 Å². The van der Waals surface area contributed by atoms with Gasteiger partial charge < -0.3 is 36.4 Å². The van der Waals surface area contributed by atoms with Crippen molar-refractivity contribution in [3.05, 3.63) is 21.8 Å². The van der Waals surface area contributed by atoms with Crippen molar-refractivity contribution in [3.8, 4) is 0 Å². The van der Waals surface area contributed by atoms with Gasteiger partial charge in [-0.15, -0.1) is 0 Å². The molecule has 0 bridgehead atoms. The summed E-state index contributed by atoms with van der Waals surface area (Å²) in [5.74, 6) is 0. The Hall–Kier alpha value is 0.594. The van der Waals surface area contributed by atoms with Crippen LogP contribution in [-0.4, -0.2) is 37.1 Å². The summed E-state index contributed by atoms with van der Waals surface area (Å²) in [5, 5.41) is 8.06. The van der Waals surface area contributed by atoms with Crippen LogP contribution < -0.4 is 0 Å². The molecule has 0 aromatic heterocycles. The molecule has 1 radical (unpaired) electrons. The van der Waals surface area contributed by atoms with Gasteiger partial charge in [0.05, 0.1) is 13.2 Å². The summed E-state index contributed by atoms with van der Waals surface area (Å²) < 4.78 is 10.0. The standard InChI is InChI=1S/C6H11O2.C3H8O.2CH3.Ti/c1-2-3-7-4-6-5-8-6;1-3(2)4;;;/h6H,1-5H2;3-4H,1-2H3;2*1H3;/q-1;;2*-1;+3. The second-order valence-corrected chi connectivity index (χ2v) is 2.98. The quantitative estimate of drug-likeness (QED) is 0.360. The molecule has 0 saturated carbocycles. The molecule has 0 aliphatic carbocycles. The molecule has 0 aromatic rings. The van der Waals surface area contributed by atoms with Gasteiger partial charge in [0.15, 0.2) is 0 Å². The SMILES string of the molecule is CC(C)O.[CH2-]CCOCC1CO1.[CH3-].[CH3-].[Ti+3]. The maximum absolute atomic E-state index is 8.06. The Morgan fingerprint density at radius 3 is 2.13 bits per heavy atom. The van der Waals surface area contributed by atoms with Gasteiger partial charge in [0.1, 0.15) is 6.10 Å². The van der Waals surface area contributed by atoms with Crippen molar-refractivity contribution in [1.29, 1.82) is 0 Å². The van der Waals surface area contributed by atoms with Gasteiger partial charge in [-0.25, -0.2) is 0 Å². The van der Waals surface area contributed by atoms with Crippen molar-refractivity contribution in [2.24, 2.45) is 0 Å². The van der Waals surface area contributed by atoms with E-state index in [0.29, 0.717) is 6.10 Å². The Labute approximate surface area is 110 Å². The monoisotopic (exact) mass is 253 g/mol. The predicted molar refractivity (Wildman–Crippen MR) is 60.7 cm³/mol. The molecule has 0 amide bonds. The minimum absolute atomic E-state index is 0. The summed E-state index contributed by atoms with van der Waals surface area (Å²) in [6, 6.07) is 0. The summed E-state index contributed by atoms with van der Waals surface area (Å²) in [6.45, 7) is 9.49. The van der Waals surface area contributed by atoms with Crippen LogP contribution in [0.25, 0.3) is 0 Å². The van der Waals surface area contributed by atoms with Crippen LogP contribution in [0, 0.1) is 21.8 Å². The molecule has 1 fully saturated rings. The van der Waals surface area contributed by atoms with Gasteiger partial charge in [-0.3, -0.25) is 0 Å². The van der Waals surface area contributed by atoms with E-state index in [1.165, 1.54) is 0 Å². The molecule has 1 unspecified atom stereocenters. The number of aliphatic hydroxyl groups excluding tert-OH is 1. The van der Waals surface area contributed by atoms with E-state index in [4.69, 9.17) is 14.6 Å². The molecule has 0 spiro atoms. The van der Waals surface area contributed by atoms with E-state index in [0.717, 1.165) is 26.2 Å². The number of hydrogen-bond donors (Lipinski definition) is 1. The third kappa shape index (κ3) is 31.3. The van der Waals surface area contributed by atoms with Crippen LogP contribution in [0.4, 0.5) is 0 Å². The Kier molecular flexibility index (Phi) is 28.0. The smallest absolute Gasteiger partial charge is 0.394 e. The van der Waals surface area contributed by atoms with Crippen molar-refractivity contribution in [3.63, 3.8) is 0 Å². The maximum atomic E-state index is 8.06. The normalized spacial score (nSPS) is 16.2. The Bertz CT molecular complexity index is 93.1. The fourth-order valence-electron chi connectivity index (χ4n) is 0.481. The molecule has 1 atom stereocenters. The van der Waals surface area contributed by atoms with E-state index in [9.17, 15) is 0 Å².